The van der Waals surface area contributed by atoms with E-state index < -0.39 is 0 Å². The van der Waals surface area contributed by atoms with Gasteiger partial charge in [-0.05, 0) is 86.1 Å². The van der Waals surface area contributed by atoms with Crippen molar-refractivity contribution in [1.29, 1.82) is 5.41 Å². The fraction of sp³-hybridized carbons (Fsp3) is 0.375. The molecular formula is C24H29N3O3. The minimum Gasteiger partial charge on any atom is -0.463 e. The fourth-order valence-electron chi connectivity index (χ4n) is 3.68. The van der Waals surface area contributed by atoms with Crippen LogP contribution in [-0.2, 0) is 22.4 Å². The van der Waals surface area contributed by atoms with Crippen LogP contribution >= 0.6 is 0 Å². The van der Waals surface area contributed by atoms with Crippen LogP contribution in [0.1, 0.15) is 60.2 Å². The number of carbonyl (C=O) groups is 2. The summed E-state index contributed by atoms with van der Waals surface area (Å²) in [6.45, 7) is 3.91. The minimum atomic E-state index is -0.188. The van der Waals surface area contributed by atoms with E-state index in [-0.39, 0.29) is 29.7 Å². The predicted octanol–water partition coefficient (Wildman–Crippen LogP) is 4.06. The van der Waals surface area contributed by atoms with Crippen LogP contribution < -0.4 is 11.1 Å². The number of nitrogen functional groups attached to an aromatic ring is 1. The van der Waals surface area contributed by atoms with Crippen molar-refractivity contribution in [2.75, 3.05) is 5.32 Å². The second kappa shape index (κ2) is 9.57. The Kier molecular flexibility index (Phi) is 6.87. The second-order valence-electron chi connectivity index (χ2n) is 7.95. The molecule has 0 saturated carbocycles. The summed E-state index contributed by atoms with van der Waals surface area (Å²) in [4.78, 5) is 24.8. The van der Waals surface area contributed by atoms with Gasteiger partial charge in [-0.3, -0.25) is 15.0 Å². The van der Waals surface area contributed by atoms with Crippen LogP contribution in [0.3, 0.4) is 0 Å². The first kappa shape index (κ1) is 21.6. The highest BCUT2D eigenvalue weighted by atomic mass is 16.5. The van der Waals surface area contributed by atoms with Crippen molar-refractivity contribution in [3.8, 4) is 0 Å². The summed E-state index contributed by atoms with van der Waals surface area (Å²) in [6.07, 6.45) is 3.83. The summed E-state index contributed by atoms with van der Waals surface area (Å²) in [7, 11) is 0. The zero-order valence-corrected chi connectivity index (χ0v) is 17.5. The first-order valence-electron chi connectivity index (χ1n) is 10.4. The molecule has 30 heavy (non-hydrogen) atoms. The van der Waals surface area contributed by atoms with E-state index in [9.17, 15) is 9.59 Å². The van der Waals surface area contributed by atoms with Crippen LogP contribution in [0.2, 0.25) is 0 Å². The maximum Gasteiger partial charge on any atom is 0.306 e. The molecule has 0 aromatic heterocycles. The number of nitrogens with one attached hydrogen (secondary N) is 2. The summed E-state index contributed by atoms with van der Waals surface area (Å²) in [6, 6.07) is 12.6. The van der Waals surface area contributed by atoms with Gasteiger partial charge in [-0.15, -0.1) is 0 Å². The minimum absolute atomic E-state index is 0.00912. The lowest BCUT2D eigenvalue weighted by molar-refractivity contribution is -0.149. The van der Waals surface area contributed by atoms with Gasteiger partial charge in [-0.2, -0.15) is 0 Å². The number of rotatable bonds is 7. The average Bonchev–Trinajstić information content (AvgIpc) is 2.73. The van der Waals surface area contributed by atoms with Crippen molar-refractivity contribution in [2.45, 2.75) is 52.1 Å². The number of amides is 1. The van der Waals surface area contributed by atoms with Crippen molar-refractivity contribution < 1.29 is 14.3 Å². The zero-order chi connectivity index (χ0) is 21.7. The lowest BCUT2D eigenvalue weighted by Gasteiger charge is -2.25. The van der Waals surface area contributed by atoms with Crippen molar-refractivity contribution in [2.24, 2.45) is 11.7 Å². The second-order valence-corrected chi connectivity index (χ2v) is 7.95. The Morgan fingerprint density at radius 2 is 1.87 bits per heavy atom. The van der Waals surface area contributed by atoms with E-state index in [0.717, 1.165) is 31.2 Å². The van der Waals surface area contributed by atoms with Gasteiger partial charge in [0.25, 0.3) is 5.91 Å². The number of anilines is 1. The molecule has 0 spiro atoms. The van der Waals surface area contributed by atoms with Gasteiger partial charge >= 0.3 is 5.97 Å². The third-order valence-corrected chi connectivity index (χ3v) is 5.62. The SMILES string of the molecule is CCC(C)OC(=O)CC1CCc2ccc(C(=O)Nc3ccc(C(=N)N)cc3)cc2C1. The highest BCUT2D eigenvalue weighted by Crippen LogP contribution is 2.29. The molecule has 2 aromatic rings. The topological polar surface area (TPSA) is 105 Å². The average molecular weight is 408 g/mol. The third-order valence-electron chi connectivity index (χ3n) is 5.62. The lowest BCUT2D eigenvalue weighted by atomic mass is 9.81. The number of carbonyl (C=O) groups excluding carboxylic acids is 2. The number of aryl methyl sites for hydroxylation is 1. The maximum absolute atomic E-state index is 12.7. The monoisotopic (exact) mass is 407 g/mol. The van der Waals surface area contributed by atoms with Crippen LogP contribution in [0, 0.1) is 11.3 Å². The Morgan fingerprint density at radius 3 is 2.53 bits per heavy atom. The van der Waals surface area contributed by atoms with Crippen LogP contribution in [0.25, 0.3) is 0 Å². The van der Waals surface area contributed by atoms with E-state index in [4.69, 9.17) is 15.9 Å². The highest BCUT2D eigenvalue weighted by molar-refractivity contribution is 6.04. The molecule has 1 aliphatic rings. The summed E-state index contributed by atoms with van der Waals surface area (Å²) in [5.41, 5.74) is 9.67. The number of hydrogen-bond donors (Lipinski definition) is 3. The molecular weight excluding hydrogens is 378 g/mol. The number of esters is 1. The van der Waals surface area contributed by atoms with E-state index in [0.29, 0.717) is 23.2 Å². The molecule has 3 rings (SSSR count). The van der Waals surface area contributed by atoms with E-state index in [2.05, 4.69) is 5.32 Å². The van der Waals surface area contributed by atoms with E-state index >= 15 is 0 Å². The third kappa shape index (κ3) is 5.47. The van der Waals surface area contributed by atoms with Gasteiger partial charge in [0.15, 0.2) is 0 Å². The van der Waals surface area contributed by atoms with Crippen molar-refractivity contribution in [3.05, 3.63) is 64.7 Å². The van der Waals surface area contributed by atoms with E-state index in [1.165, 1.54) is 5.56 Å². The summed E-state index contributed by atoms with van der Waals surface area (Å²) >= 11 is 0. The molecule has 1 aliphatic carbocycles. The first-order chi connectivity index (χ1) is 14.4. The molecule has 0 aliphatic heterocycles. The molecule has 0 bridgehead atoms. The molecule has 2 unspecified atom stereocenters. The quantitative estimate of drug-likeness (QED) is 0.366. The molecule has 0 saturated heterocycles. The molecule has 2 aromatic carbocycles. The zero-order valence-electron chi connectivity index (χ0n) is 17.5. The van der Waals surface area contributed by atoms with E-state index in [1.54, 1.807) is 24.3 Å². The Hall–Kier alpha value is -3.15. The molecule has 6 heteroatoms. The van der Waals surface area contributed by atoms with Gasteiger partial charge in [0.1, 0.15) is 5.84 Å². The lowest BCUT2D eigenvalue weighted by Crippen LogP contribution is -2.22. The predicted molar refractivity (Wildman–Crippen MR) is 118 cm³/mol. The Bertz CT molecular complexity index is 937. The van der Waals surface area contributed by atoms with Gasteiger partial charge in [0.05, 0.1) is 6.10 Å². The summed E-state index contributed by atoms with van der Waals surface area (Å²) < 4.78 is 5.42. The van der Waals surface area contributed by atoms with Gasteiger partial charge in [0.2, 0.25) is 0 Å². The number of amidine groups is 1. The van der Waals surface area contributed by atoms with Crippen molar-refractivity contribution in [3.63, 3.8) is 0 Å². The molecule has 0 heterocycles. The first-order valence-corrected chi connectivity index (χ1v) is 10.4. The molecule has 1 amide bonds. The number of ether oxygens (including phenoxy) is 1. The van der Waals surface area contributed by atoms with Crippen molar-refractivity contribution >= 4 is 23.4 Å². The largest absolute Gasteiger partial charge is 0.463 e. The van der Waals surface area contributed by atoms with Crippen LogP contribution in [0.5, 0.6) is 0 Å². The number of benzene rings is 2. The van der Waals surface area contributed by atoms with Crippen LogP contribution in [0.4, 0.5) is 5.69 Å². The normalized spacial score (nSPS) is 16.3. The molecule has 0 fully saturated rings. The van der Waals surface area contributed by atoms with Crippen LogP contribution in [0.15, 0.2) is 42.5 Å². The maximum atomic E-state index is 12.7. The van der Waals surface area contributed by atoms with Gasteiger partial charge < -0.3 is 15.8 Å². The summed E-state index contributed by atoms with van der Waals surface area (Å²) in [5, 5.41) is 10.3. The van der Waals surface area contributed by atoms with Gasteiger partial charge in [-0.25, -0.2) is 0 Å². The standard InChI is InChI=1S/C24H29N3O3/c1-3-15(2)30-22(28)13-16-4-5-17-6-7-19(14-20(17)12-16)24(29)27-21-10-8-18(9-11-21)23(25)26/h6-11,14-16H,3-5,12-13H2,1-2H3,(H3,25,26)(H,27,29). The molecule has 2 atom stereocenters. The van der Waals surface area contributed by atoms with E-state index in [1.807, 2.05) is 32.0 Å². The molecule has 0 radical (unpaired) electrons. The van der Waals surface area contributed by atoms with Crippen LogP contribution in [-0.4, -0.2) is 23.8 Å². The molecule has 6 nitrogen and oxygen atoms in total. The van der Waals surface area contributed by atoms with Crippen molar-refractivity contribution in [1.82, 2.24) is 0 Å². The number of hydrogen-bond acceptors (Lipinski definition) is 4. The Balaban J connectivity index is 1.64. The Labute approximate surface area is 177 Å². The van der Waals surface area contributed by atoms with Gasteiger partial charge in [-0.1, -0.05) is 13.0 Å². The summed E-state index contributed by atoms with van der Waals surface area (Å²) in [5.74, 6) is -0.0935. The smallest absolute Gasteiger partial charge is 0.306 e. The molecule has 158 valence electrons. The molecule has 4 N–H and O–H groups in total. The highest BCUT2D eigenvalue weighted by Gasteiger charge is 2.23. The number of nitrogens with two attached hydrogens (primary N) is 1. The Morgan fingerprint density at radius 1 is 1.17 bits per heavy atom. The number of fused-ring (bicyclic) bond motifs is 1. The fourth-order valence-corrected chi connectivity index (χ4v) is 3.68. The van der Waals surface area contributed by atoms with Gasteiger partial charge in [0, 0.05) is 23.2 Å².